The molecule has 2 aliphatic heterocycles. The number of piperidine rings is 1. The third kappa shape index (κ3) is 2.70. The van der Waals surface area contributed by atoms with Gasteiger partial charge in [0, 0.05) is 36.8 Å². The maximum atomic E-state index is 12.9. The molecule has 0 aromatic carbocycles. The van der Waals surface area contributed by atoms with Gasteiger partial charge in [-0.15, -0.1) is 11.3 Å². The van der Waals surface area contributed by atoms with Gasteiger partial charge in [-0.1, -0.05) is 5.16 Å². The van der Waals surface area contributed by atoms with Crippen molar-refractivity contribution in [2.45, 2.75) is 31.8 Å². The summed E-state index contributed by atoms with van der Waals surface area (Å²) in [7, 11) is 1.87. The van der Waals surface area contributed by atoms with Gasteiger partial charge in [-0.2, -0.15) is 5.10 Å². The van der Waals surface area contributed by atoms with Crippen molar-refractivity contribution in [2.24, 2.45) is 7.05 Å². The molecule has 5 rings (SSSR count). The summed E-state index contributed by atoms with van der Waals surface area (Å²) < 4.78 is 13.4. The van der Waals surface area contributed by atoms with Crippen LogP contribution in [-0.2, 0) is 23.8 Å². The zero-order chi connectivity index (χ0) is 19.3. The zero-order valence-corrected chi connectivity index (χ0v) is 16.8. The first-order valence-corrected chi connectivity index (χ1v) is 10.4. The Hall–Kier alpha value is -2.45. The predicted molar refractivity (Wildman–Crippen MR) is 104 cm³/mol. The number of rotatable bonds is 2. The summed E-state index contributed by atoms with van der Waals surface area (Å²) >= 11 is 1.78. The minimum atomic E-state index is -0.222. The van der Waals surface area contributed by atoms with Crippen molar-refractivity contribution in [1.29, 1.82) is 0 Å². The number of carbonyl (C=O) groups excluding carboxylic acids is 1. The Morgan fingerprint density at radius 2 is 2.14 bits per heavy atom. The third-order valence-electron chi connectivity index (χ3n) is 6.00. The number of aromatic nitrogens is 3. The molecule has 1 fully saturated rings. The van der Waals surface area contributed by atoms with E-state index in [0.717, 1.165) is 37.1 Å². The minimum absolute atomic E-state index is 0.0893. The zero-order valence-electron chi connectivity index (χ0n) is 16.0. The monoisotopic (exact) mass is 398 g/mol. The standard InChI is InChI=1S/C20H22N4O3S/c1-13-15(12-21-23(13)2)17-11-16(22-27-17)19(25)24-7-5-20(6-8-24)18-14(3-9-26-20)4-10-28-18/h4,10-12H,3,5-9H2,1-2H3. The fourth-order valence-corrected chi connectivity index (χ4v) is 5.37. The lowest BCUT2D eigenvalue weighted by atomic mass is 9.85. The van der Waals surface area contributed by atoms with Crippen molar-refractivity contribution in [1.82, 2.24) is 19.8 Å². The number of amides is 1. The Morgan fingerprint density at radius 1 is 1.32 bits per heavy atom. The van der Waals surface area contributed by atoms with Gasteiger partial charge in [0.2, 0.25) is 0 Å². The second kappa shape index (κ2) is 6.56. The fraction of sp³-hybridized carbons (Fsp3) is 0.450. The van der Waals surface area contributed by atoms with Crippen molar-refractivity contribution in [2.75, 3.05) is 19.7 Å². The van der Waals surface area contributed by atoms with Gasteiger partial charge in [0.25, 0.3) is 5.91 Å². The van der Waals surface area contributed by atoms with Gasteiger partial charge in [0.1, 0.15) is 5.60 Å². The number of nitrogens with zero attached hydrogens (tertiary/aromatic N) is 4. The largest absolute Gasteiger partial charge is 0.369 e. The van der Waals surface area contributed by atoms with Crippen molar-refractivity contribution >= 4 is 17.2 Å². The number of ether oxygens (including phenoxy) is 1. The molecule has 7 nitrogen and oxygen atoms in total. The molecule has 3 aromatic heterocycles. The van der Waals surface area contributed by atoms with Crippen LogP contribution < -0.4 is 0 Å². The van der Waals surface area contributed by atoms with E-state index >= 15 is 0 Å². The lowest BCUT2D eigenvalue weighted by molar-refractivity contribution is -0.0906. The number of fused-ring (bicyclic) bond motifs is 2. The normalized spacial score (nSPS) is 18.4. The lowest BCUT2D eigenvalue weighted by Crippen LogP contribution is -2.47. The van der Waals surface area contributed by atoms with Gasteiger partial charge in [0.15, 0.2) is 11.5 Å². The number of carbonyl (C=O) groups is 1. The van der Waals surface area contributed by atoms with Gasteiger partial charge in [-0.25, -0.2) is 0 Å². The summed E-state index contributed by atoms with van der Waals surface area (Å²) in [6.45, 7) is 4.03. The van der Waals surface area contributed by atoms with Crippen LogP contribution in [0.4, 0.5) is 0 Å². The second-order valence-electron chi connectivity index (χ2n) is 7.50. The van der Waals surface area contributed by atoms with Crippen LogP contribution in [-0.4, -0.2) is 45.4 Å². The van der Waals surface area contributed by atoms with Crippen LogP contribution in [0.5, 0.6) is 0 Å². The Bertz CT molecular complexity index is 1030. The van der Waals surface area contributed by atoms with E-state index in [0.29, 0.717) is 24.5 Å². The second-order valence-corrected chi connectivity index (χ2v) is 8.42. The summed E-state index contributed by atoms with van der Waals surface area (Å²) in [5, 5.41) is 10.4. The highest BCUT2D eigenvalue weighted by molar-refractivity contribution is 7.10. The average molecular weight is 398 g/mol. The smallest absolute Gasteiger partial charge is 0.276 e. The lowest BCUT2D eigenvalue weighted by Gasteiger charge is -2.43. The number of hydrogen-bond donors (Lipinski definition) is 0. The van der Waals surface area contributed by atoms with Crippen LogP contribution in [0.2, 0.25) is 0 Å². The predicted octanol–water partition coefficient (Wildman–Crippen LogP) is 3.15. The van der Waals surface area contributed by atoms with E-state index in [1.807, 2.05) is 18.9 Å². The maximum Gasteiger partial charge on any atom is 0.276 e. The molecule has 5 heterocycles. The van der Waals surface area contributed by atoms with Crippen LogP contribution in [0.15, 0.2) is 28.2 Å². The van der Waals surface area contributed by atoms with E-state index in [1.54, 1.807) is 28.3 Å². The summed E-state index contributed by atoms with van der Waals surface area (Å²) in [4.78, 5) is 16.1. The maximum absolute atomic E-state index is 12.9. The Morgan fingerprint density at radius 3 is 2.89 bits per heavy atom. The van der Waals surface area contributed by atoms with Crippen LogP contribution in [0.1, 0.15) is 39.5 Å². The SMILES string of the molecule is Cc1c(-c2cc(C(=O)N3CCC4(CC3)OCCc3ccsc34)no2)cnn1C. The molecular weight excluding hydrogens is 376 g/mol. The van der Waals surface area contributed by atoms with Gasteiger partial charge >= 0.3 is 0 Å². The van der Waals surface area contributed by atoms with Crippen molar-refractivity contribution in [3.63, 3.8) is 0 Å². The van der Waals surface area contributed by atoms with E-state index < -0.39 is 0 Å². The van der Waals surface area contributed by atoms with Gasteiger partial charge in [-0.05, 0) is 43.2 Å². The first-order chi connectivity index (χ1) is 13.6. The molecule has 0 bridgehead atoms. The summed E-state index contributed by atoms with van der Waals surface area (Å²) in [6, 6.07) is 3.92. The van der Waals surface area contributed by atoms with Crippen LogP contribution in [0.25, 0.3) is 11.3 Å². The highest BCUT2D eigenvalue weighted by Gasteiger charge is 2.43. The van der Waals surface area contributed by atoms with Gasteiger partial charge in [-0.3, -0.25) is 9.48 Å². The molecule has 0 radical (unpaired) electrons. The summed E-state index contributed by atoms with van der Waals surface area (Å²) in [5.74, 6) is 0.481. The summed E-state index contributed by atoms with van der Waals surface area (Å²) in [6.07, 6.45) is 4.35. The molecule has 1 spiro atoms. The third-order valence-corrected chi connectivity index (χ3v) is 7.14. The van der Waals surface area contributed by atoms with Gasteiger partial charge < -0.3 is 14.2 Å². The molecule has 0 atom stereocenters. The van der Waals surface area contributed by atoms with Crippen LogP contribution in [0.3, 0.4) is 0 Å². The first-order valence-electron chi connectivity index (χ1n) is 9.53. The van der Waals surface area contributed by atoms with E-state index in [2.05, 4.69) is 21.7 Å². The number of hydrogen-bond acceptors (Lipinski definition) is 6. The Labute approximate surface area is 166 Å². The molecule has 1 saturated heterocycles. The molecule has 2 aliphatic rings. The van der Waals surface area contributed by atoms with Crippen molar-refractivity contribution < 1.29 is 14.1 Å². The van der Waals surface area contributed by atoms with Crippen molar-refractivity contribution in [3.05, 3.63) is 45.5 Å². The van der Waals surface area contributed by atoms with E-state index in [1.165, 1.54) is 10.4 Å². The number of aryl methyl sites for hydroxylation is 1. The average Bonchev–Trinajstić information content (AvgIpc) is 3.44. The number of thiophene rings is 1. The molecule has 3 aromatic rings. The fourth-order valence-electron chi connectivity index (χ4n) is 4.20. The molecule has 0 unspecified atom stereocenters. The molecule has 0 saturated carbocycles. The number of likely N-dealkylation sites (tertiary alicyclic amines) is 1. The quantitative estimate of drug-likeness (QED) is 0.663. The van der Waals surface area contributed by atoms with Crippen LogP contribution in [0, 0.1) is 6.92 Å². The minimum Gasteiger partial charge on any atom is -0.369 e. The molecule has 146 valence electrons. The van der Waals surface area contributed by atoms with E-state index in [-0.39, 0.29) is 11.5 Å². The molecule has 0 aliphatic carbocycles. The van der Waals surface area contributed by atoms with Crippen LogP contribution >= 0.6 is 11.3 Å². The van der Waals surface area contributed by atoms with E-state index in [4.69, 9.17) is 9.26 Å². The molecule has 8 heteroatoms. The highest BCUT2D eigenvalue weighted by Crippen LogP contribution is 2.44. The van der Waals surface area contributed by atoms with Crippen molar-refractivity contribution in [3.8, 4) is 11.3 Å². The van der Waals surface area contributed by atoms with E-state index in [9.17, 15) is 4.79 Å². The Balaban J connectivity index is 1.32. The molecule has 1 amide bonds. The topological polar surface area (TPSA) is 73.4 Å². The highest BCUT2D eigenvalue weighted by atomic mass is 32.1. The first kappa shape index (κ1) is 17.6. The molecule has 0 N–H and O–H groups in total. The Kier molecular flexibility index (Phi) is 4.13. The van der Waals surface area contributed by atoms with Gasteiger partial charge in [0.05, 0.1) is 18.4 Å². The molecule has 28 heavy (non-hydrogen) atoms. The summed E-state index contributed by atoms with van der Waals surface area (Å²) in [5.41, 5.74) is 3.35. The molecular formula is C20H22N4O3S.